The van der Waals surface area contributed by atoms with Crippen molar-refractivity contribution in [3.63, 3.8) is 0 Å². The summed E-state index contributed by atoms with van der Waals surface area (Å²) in [5, 5.41) is 5.12. The maximum atomic E-state index is 6.62. The molecular formula is C20H20BrCl2N3. The van der Waals surface area contributed by atoms with Crippen LogP contribution in [0.3, 0.4) is 0 Å². The Kier molecular flexibility index (Phi) is 4.70. The molecule has 1 N–H and O–H groups in total. The van der Waals surface area contributed by atoms with Crippen LogP contribution < -0.4 is 5.32 Å². The van der Waals surface area contributed by atoms with Gasteiger partial charge in [-0.2, -0.15) is 0 Å². The van der Waals surface area contributed by atoms with Crippen LogP contribution in [0.15, 0.2) is 41.4 Å². The number of hydrogen-bond donors (Lipinski definition) is 1. The molecule has 3 aliphatic carbocycles. The highest BCUT2D eigenvalue weighted by atomic mass is 79.9. The van der Waals surface area contributed by atoms with Gasteiger partial charge in [0.05, 0.1) is 6.54 Å². The minimum Gasteiger partial charge on any atom is -0.354 e. The van der Waals surface area contributed by atoms with Crippen LogP contribution in [0, 0.1) is 0 Å². The molecule has 1 unspecified atom stereocenters. The number of hydrogen-bond acceptors (Lipinski definition) is 3. The van der Waals surface area contributed by atoms with Crippen molar-refractivity contribution in [2.45, 2.75) is 24.3 Å². The van der Waals surface area contributed by atoms with Gasteiger partial charge in [-0.15, -0.1) is 17.0 Å². The van der Waals surface area contributed by atoms with E-state index in [-0.39, 0.29) is 28.8 Å². The van der Waals surface area contributed by atoms with Crippen LogP contribution >= 0.6 is 40.2 Å². The molecule has 0 saturated heterocycles. The molecule has 136 valence electrons. The van der Waals surface area contributed by atoms with Gasteiger partial charge in [-0.25, -0.2) is 0 Å². The maximum absolute atomic E-state index is 6.62. The summed E-state index contributed by atoms with van der Waals surface area (Å²) in [4.78, 5) is 6.94. The Labute approximate surface area is 174 Å². The van der Waals surface area contributed by atoms with E-state index in [1.807, 2.05) is 12.1 Å². The van der Waals surface area contributed by atoms with E-state index in [0.29, 0.717) is 6.04 Å². The lowest BCUT2D eigenvalue weighted by Gasteiger charge is -2.49. The standard InChI is InChI=1S/C20H19Cl2N3.BrH/c1-25(20-23-8-9-24-20)16-10-13-17-11(4-2-6-14(17)21)19(16)12-5-3-7-15(22)18(12)13;/h2-7,13,16,19H,8-10H2,1H3,(H,23,24);1H. The van der Waals surface area contributed by atoms with E-state index in [1.54, 1.807) is 0 Å². The minimum absolute atomic E-state index is 0. The summed E-state index contributed by atoms with van der Waals surface area (Å²) in [6.45, 7) is 1.77. The molecule has 6 rings (SSSR count). The fourth-order valence-electron chi connectivity index (χ4n) is 4.89. The Bertz CT molecular complexity index is 845. The van der Waals surface area contributed by atoms with Gasteiger partial charge in [-0.3, -0.25) is 4.99 Å². The molecule has 26 heavy (non-hydrogen) atoms. The van der Waals surface area contributed by atoms with E-state index >= 15 is 0 Å². The van der Waals surface area contributed by atoms with Gasteiger partial charge in [0.15, 0.2) is 5.96 Å². The molecule has 0 saturated carbocycles. The highest BCUT2D eigenvalue weighted by molar-refractivity contribution is 8.93. The average Bonchev–Trinajstić information content (AvgIpc) is 3.16. The number of rotatable bonds is 1. The van der Waals surface area contributed by atoms with Crippen molar-refractivity contribution in [1.82, 2.24) is 10.2 Å². The zero-order valence-electron chi connectivity index (χ0n) is 14.4. The molecule has 0 radical (unpaired) electrons. The fraction of sp³-hybridized carbons (Fsp3) is 0.350. The largest absolute Gasteiger partial charge is 0.354 e. The summed E-state index contributed by atoms with van der Waals surface area (Å²) >= 11 is 13.2. The highest BCUT2D eigenvalue weighted by Crippen LogP contribution is 2.57. The molecule has 4 aliphatic rings. The first kappa shape index (κ1) is 18.1. The van der Waals surface area contributed by atoms with Crippen molar-refractivity contribution >= 4 is 46.1 Å². The summed E-state index contributed by atoms with van der Waals surface area (Å²) < 4.78 is 0. The lowest BCUT2D eigenvalue weighted by atomic mass is 9.61. The zero-order valence-corrected chi connectivity index (χ0v) is 17.6. The molecule has 3 nitrogen and oxygen atoms in total. The minimum atomic E-state index is 0. The molecule has 2 aromatic carbocycles. The lowest BCUT2D eigenvalue weighted by molar-refractivity contribution is 0.269. The quantitative estimate of drug-likeness (QED) is 0.672. The first-order valence-electron chi connectivity index (χ1n) is 8.74. The molecule has 0 amide bonds. The summed E-state index contributed by atoms with van der Waals surface area (Å²) in [5.41, 5.74) is 5.21. The topological polar surface area (TPSA) is 27.6 Å². The molecule has 0 fully saturated rings. The monoisotopic (exact) mass is 451 g/mol. The fourth-order valence-corrected chi connectivity index (χ4v) is 5.51. The number of benzene rings is 2. The maximum Gasteiger partial charge on any atom is 0.194 e. The number of nitrogens with zero attached hydrogens (tertiary/aromatic N) is 2. The number of halogens is 3. The van der Waals surface area contributed by atoms with Gasteiger partial charge >= 0.3 is 0 Å². The van der Waals surface area contributed by atoms with Crippen LogP contribution in [0.4, 0.5) is 0 Å². The van der Waals surface area contributed by atoms with Crippen molar-refractivity contribution in [1.29, 1.82) is 0 Å². The number of nitrogens with one attached hydrogen (secondary N) is 1. The van der Waals surface area contributed by atoms with Crippen molar-refractivity contribution in [3.05, 3.63) is 68.7 Å². The van der Waals surface area contributed by atoms with Gasteiger partial charge < -0.3 is 10.2 Å². The first-order valence-corrected chi connectivity index (χ1v) is 9.50. The molecule has 2 bridgehead atoms. The molecule has 2 aromatic rings. The smallest absolute Gasteiger partial charge is 0.194 e. The summed E-state index contributed by atoms with van der Waals surface area (Å²) in [5.74, 6) is 1.51. The van der Waals surface area contributed by atoms with E-state index in [2.05, 4.69) is 46.5 Å². The second-order valence-corrected chi connectivity index (χ2v) is 7.88. The van der Waals surface area contributed by atoms with Gasteiger partial charge in [-0.1, -0.05) is 47.5 Å². The Balaban J connectivity index is 0.00000168. The van der Waals surface area contributed by atoms with Crippen LogP contribution in [0.1, 0.15) is 40.5 Å². The number of aliphatic imine (C=N–C) groups is 1. The van der Waals surface area contributed by atoms with Crippen molar-refractivity contribution in [2.24, 2.45) is 4.99 Å². The van der Waals surface area contributed by atoms with E-state index in [1.165, 1.54) is 22.3 Å². The highest BCUT2D eigenvalue weighted by Gasteiger charge is 2.47. The second kappa shape index (κ2) is 6.74. The van der Waals surface area contributed by atoms with Crippen molar-refractivity contribution < 1.29 is 0 Å². The Morgan fingerprint density at radius 2 is 1.65 bits per heavy atom. The van der Waals surface area contributed by atoms with Crippen LogP contribution in [0.5, 0.6) is 0 Å². The average molecular weight is 453 g/mol. The third kappa shape index (κ3) is 2.49. The Morgan fingerprint density at radius 1 is 1.04 bits per heavy atom. The number of fused-ring (bicyclic) bond motifs is 1. The predicted molar refractivity (Wildman–Crippen MR) is 113 cm³/mol. The SMILES string of the molecule is Br.CN(C1=NCCN1)C1CC2c3c(Cl)cccc3C1c1cccc(Cl)c12. The molecular weight excluding hydrogens is 433 g/mol. The zero-order chi connectivity index (χ0) is 17.1. The summed E-state index contributed by atoms with van der Waals surface area (Å²) in [7, 11) is 2.15. The lowest BCUT2D eigenvalue weighted by Crippen LogP contribution is -2.50. The van der Waals surface area contributed by atoms with Gasteiger partial charge in [0.25, 0.3) is 0 Å². The number of guanidine groups is 1. The molecule has 1 aliphatic heterocycles. The molecule has 1 heterocycles. The third-order valence-electron chi connectivity index (χ3n) is 5.89. The Hall–Kier alpha value is -1.23. The first-order chi connectivity index (χ1) is 12.2. The van der Waals surface area contributed by atoms with Gasteiger partial charge in [0.1, 0.15) is 0 Å². The van der Waals surface area contributed by atoms with Crippen LogP contribution in [0.2, 0.25) is 10.0 Å². The van der Waals surface area contributed by atoms with Gasteiger partial charge in [-0.05, 0) is 40.8 Å². The van der Waals surface area contributed by atoms with E-state index in [9.17, 15) is 0 Å². The van der Waals surface area contributed by atoms with E-state index < -0.39 is 0 Å². The Morgan fingerprint density at radius 3 is 2.19 bits per heavy atom. The molecule has 0 spiro atoms. The van der Waals surface area contributed by atoms with Gasteiger partial charge in [0, 0.05) is 41.5 Å². The van der Waals surface area contributed by atoms with Crippen LogP contribution in [-0.4, -0.2) is 37.0 Å². The summed E-state index contributed by atoms with van der Waals surface area (Å²) in [6.07, 6.45) is 1.01. The van der Waals surface area contributed by atoms with Crippen LogP contribution in [-0.2, 0) is 0 Å². The normalized spacial score (nSPS) is 24.9. The molecule has 6 heteroatoms. The van der Waals surface area contributed by atoms with E-state index in [4.69, 9.17) is 23.2 Å². The second-order valence-electron chi connectivity index (χ2n) is 7.06. The predicted octanol–water partition coefficient (Wildman–Crippen LogP) is 4.81. The molecule has 1 atom stereocenters. The van der Waals surface area contributed by atoms with E-state index in [0.717, 1.165) is 35.5 Å². The molecule has 0 aromatic heterocycles. The van der Waals surface area contributed by atoms with Gasteiger partial charge in [0.2, 0.25) is 0 Å². The third-order valence-corrected chi connectivity index (χ3v) is 6.55. The number of likely N-dealkylation sites (N-methyl/N-ethyl adjacent to an activating group) is 1. The van der Waals surface area contributed by atoms with Crippen LogP contribution in [0.25, 0.3) is 0 Å². The summed E-state index contributed by atoms with van der Waals surface area (Å²) in [6, 6.07) is 12.9. The van der Waals surface area contributed by atoms with Crippen molar-refractivity contribution in [3.8, 4) is 0 Å². The van der Waals surface area contributed by atoms with Crippen molar-refractivity contribution in [2.75, 3.05) is 20.1 Å².